The molecule has 1 aromatic heterocycles. The van der Waals surface area contributed by atoms with E-state index in [0.717, 1.165) is 24.3 Å². The standard InChI is InChI=1S/C13H26N4O/c1-6-10(7-2)12(16-14)13-11(18-5)8-15-17(13)9(3)4/h8-10,12,16H,6-7,14H2,1-5H3. The predicted octanol–water partition coefficient (Wildman–Crippen LogP) is 2.41. The van der Waals surface area contributed by atoms with E-state index in [-0.39, 0.29) is 12.1 Å². The molecule has 0 aliphatic rings. The Balaban J connectivity index is 3.21. The van der Waals surface area contributed by atoms with Crippen LogP contribution in [0.5, 0.6) is 5.75 Å². The molecule has 1 rings (SSSR count). The summed E-state index contributed by atoms with van der Waals surface area (Å²) in [5, 5.41) is 4.40. The predicted molar refractivity (Wildman–Crippen MR) is 73.3 cm³/mol. The summed E-state index contributed by atoms with van der Waals surface area (Å²) in [6.45, 7) is 8.58. The number of hydrazine groups is 1. The lowest BCUT2D eigenvalue weighted by Crippen LogP contribution is -2.35. The Hall–Kier alpha value is -1.07. The lowest BCUT2D eigenvalue weighted by molar-refractivity contribution is 0.305. The van der Waals surface area contributed by atoms with Gasteiger partial charge in [0.15, 0.2) is 5.75 Å². The molecule has 5 heteroatoms. The van der Waals surface area contributed by atoms with Crippen LogP contribution in [0.15, 0.2) is 6.20 Å². The van der Waals surface area contributed by atoms with Crippen molar-refractivity contribution in [2.75, 3.05) is 7.11 Å². The van der Waals surface area contributed by atoms with Crippen molar-refractivity contribution in [2.24, 2.45) is 11.8 Å². The molecule has 0 saturated carbocycles. The van der Waals surface area contributed by atoms with Gasteiger partial charge in [0.25, 0.3) is 0 Å². The maximum atomic E-state index is 5.76. The van der Waals surface area contributed by atoms with Gasteiger partial charge in [0.1, 0.15) is 0 Å². The summed E-state index contributed by atoms with van der Waals surface area (Å²) in [4.78, 5) is 0. The van der Waals surface area contributed by atoms with Crippen molar-refractivity contribution in [3.05, 3.63) is 11.9 Å². The lowest BCUT2D eigenvalue weighted by atomic mass is 9.91. The van der Waals surface area contributed by atoms with Gasteiger partial charge in [0.2, 0.25) is 0 Å². The van der Waals surface area contributed by atoms with E-state index >= 15 is 0 Å². The average Bonchev–Trinajstić information content (AvgIpc) is 2.79. The molecule has 0 radical (unpaired) electrons. The van der Waals surface area contributed by atoms with Crippen LogP contribution in [0.1, 0.15) is 58.3 Å². The van der Waals surface area contributed by atoms with E-state index < -0.39 is 0 Å². The molecule has 0 aliphatic heterocycles. The summed E-state index contributed by atoms with van der Waals surface area (Å²) in [5.41, 5.74) is 3.98. The molecule has 5 nitrogen and oxygen atoms in total. The van der Waals surface area contributed by atoms with Gasteiger partial charge in [-0.2, -0.15) is 5.10 Å². The third-order valence-electron chi connectivity index (χ3n) is 3.50. The van der Waals surface area contributed by atoms with Crippen LogP contribution in [0.2, 0.25) is 0 Å². The van der Waals surface area contributed by atoms with E-state index in [0.29, 0.717) is 5.92 Å². The molecule has 1 unspecified atom stereocenters. The normalized spacial score (nSPS) is 13.3. The minimum absolute atomic E-state index is 0.0693. The molecule has 0 bridgehead atoms. The van der Waals surface area contributed by atoms with E-state index in [9.17, 15) is 0 Å². The number of nitrogens with zero attached hydrogens (tertiary/aromatic N) is 2. The number of methoxy groups -OCH3 is 1. The number of rotatable bonds is 7. The molecule has 0 aromatic carbocycles. The molecule has 0 saturated heterocycles. The van der Waals surface area contributed by atoms with E-state index in [1.165, 1.54) is 0 Å². The summed E-state index contributed by atoms with van der Waals surface area (Å²) >= 11 is 0. The number of nitrogens with one attached hydrogen (secondary N) is 1. The summed E-state index contributed by atoms with van der Waals surface area (Å²) in [5.74, 6) is 7.04. The molecule has 0 fully saturated rings. The van der Waals surface area contributed by atoms with Crippen LogP contribution in [0, 0.1) is 5.92 Å². The van der Waals surface area contributed by atoms with Crippen LogP contribution < -0.4 is 16.0 Å². The summed E-state index contributed by atoms with van der Waals surface area (Å²) in [6.07, 6.45) is 3.90. The number of hydrogen-bond donors (Lipinski definition) is 2. The highest BCUT2D eigenvalue weighted by Crippen LogP contribution is 2.34. The van der Waals surface area contributed by atoms with Crippen LogP contribution in [-0.4, -0.2) is 16.9 Å². The Morgan fingerprint density at radius 2 is 2.00 bits per heavy atom. The van der Waals surface area contributed by atoms with Crippen LogP contribution in [0.4, 0.5) is 0 Å². The molecule has 1 atom stereocenters. The second kappa shape index (κ2) is 6.75. The quantitative estimate of drug-likeness (QED) is 0.579. The lowest BCUT2D eigenvalue weighted by Gasteiger charge is -2.27. The second-order valence-corrected chi connectivity index (χ2v) is 4.86. The van der Waals surface area contributed by atoms with E-state index in [2.05, 4.69) is 38.2 Å². The van der Waals surface area contributed by atoms with E-state index in [1.54, 1.807) is 13.3 Å². The molecule has 0 amide bonds. The first-order valence-corrected chi connectivity index (χ1v) is 6.68. The van der Waals surface area contributed by atoms with Gasteiger partial charge < -0.3 is 4.74 Å². The van der Waals surface area contributed by atoms with Gasteiger partial charge in [-0.25, -0.2) is 0 Å². The second-order valence-electron chi connectivity index (χ2n) is 4.86. The Morgan fingerprint density at radius 3 is 2.39 bits per heavy atom. The fourth-order valence-corrected chi connectivity index (χ4v) is 2.42. The van der Waals surface area contributed by atoms with Crippen molar-refractivity contribution in [1.82, 2.24) is 15.2 Å². The van der Waals surface area contributed by atoms with Gasteiger partial charge in [0, 0.05) is 6.04 Å². The fraction of sp³-hybridized carbons (Fsp3) is 0.769. The highest BCUT2D eigenvalue weighted by molar-refractivity contribution is 5.29. The Kier molecular flexibility index (Phi) is 5.62. The van der Waals surface area contributed by atoms with Gasteiger partial charge in [-0.1, -0.05) is 26.7 Å². The molecule has 1 aromatic rings. The zero-order valence-corrected chi connectivity index (χ0v) is 12.1. The van der Waals surface area contributed by atoms with Crippen molar-refractivity contribution >= 4 is 0 Å². The number of nitrogens with two attached hydrogens (primary N) is 1. The zero-order chi connectivity index (χ0) is 13.7. The van der Waals surface area contributed by atoms with Gasteiger partial charge in [-0.05, 0) is 19.8 Å². The molecule has 3 N–H and O–H groups in total. The van der Waals surface area contributed by atoms with Crippen LogP contribution in [-0.2, 0) is 0 Å². The summed E-state index contributed by atoms with van der Waals surface area (Å²) < 4.78 is 7.41. The van der Waals surface area contributed by atoms with E-state index in [1.807, 2.05) is 4.68 Å². The van der Waals surface area contributed by atoms with Crippen LogP contribution >= 0.6 is 0 Å². The van der Waals surface area contributed by atoms with Crippen molar-refractivity contribution in [1.29, 1.82) is 0 Å². The SMILES string of the molecule is CCC(CC)C(NN)c1c(OC)cnn1C(C)C. The Morgan fingerprint density at radius 1 is 1.39 bits per heavy atom. The smallest absolute Gasteiger partial charge is 0.161 e. The first-order chi connectivity index (χ1) is 8.60. The third-order valence-corrected chi connectivity index (χ3v) is 3.50. The zero-order valence-electron chi connectivity index (χ0n) is 12.1. The van der Waals surface area contributed by atoms with Crippen molar-refractivity contribution in [3.63, 3.8) is 0 Å². The first-order valence-electron chi connectivity index (χ1n) is 6.68. The molecule has 104 valence electrons. The fourth-order valence-electron chi connectivity index (χ4n) is 2.42. The van der Waals surface area contributed by atoms with Crippen molar-refractivity contribution in [3.8, 4) is 5.75 Å². The number of aromatic nitrogens is 2. The minimum atomic E-state index is 0.0693. The molecular weight excluding hydrogens is 228 g/mol. The highest BCUT2D eigenvalue weighted by atomic mass is 16.5. The van der Waals surface area contributed by atoms with Gasteiger partial charge >= 0.3 is 0 Å². The van der Waals surface area contributed by atoms with Gasteiger partial charge in [-0.15, -0.1) is 0 Å². The molecular formula is C13H26N4O. The topological polar surface area (TPSA) is 65.1 Å². The largest absolute Gasteiger partial charge is 0.493 e. The summed E-state index contributed by atoms with van der Waals surface area (Å²) in [6, 6.07) is 0.356. The Bertz CT molecular complexity index is 358. The highest BCUT2D eigenvalue weighted by Gasteiger charge is 2.27. The minimum Gasteiger partial charge on any atom is -0.493 e. The molecule has 0 spiro atoms. The van der Waals surface area contributed by atoms with Gasteiger partial charge in [-0.3, -0.25) is 16.0 Å². The third kappa shape index (κ3) is 2.84. The molecule has 1 heterocycles. The van der Waals surface area contributed by atoms with Crippen molar-refractivity contribution in [2.45, 2.75) is 52.6 Å². The monoisotopic (exact) mass is 254 g/mol. The first kappa shape index (κ1) is 15.0. The maximum Gasteiger partial charge on any atom is 0.161 e. The van der Waals surface area contributed by atoms with Crippen LogP contribution in [0.25, 0.3) is 0 Å². The van der Waals surface area contributed by atoms with Crippen molar-refractivity contribution < 1.29 is 4.74 Å². The van der Waals surface area contributed by atoms with Crippen LogP contribution in [0.3, 0.4) is 0 Å². The maximum absolute atomic E-state index is 5.76. The average molecular weight is 254 g/mol. The number of ether oxygens (including phenoxy) is 1. The molecule has 0 aliphatic carbocycles. The van der Waals surface area contributed by atoms with Gasteiger partial charge in [0.05, 0.1) is 25.0 Å². The number of hydrogen-bond acceptors (Lipinski definition) is 4. The molecule has 18 heavy (non-hydrogen) atoms. The van der Waals surface area contributed by atoms with E-state index in [4.69, 9.17) is 10.6 Å². The Labute approximate surface area is 110 Å². The summed E-state index contributed by atoms with van der Waals surface area (Å²) in [7, 11) is 1.67.